The van der Waals surface area contributed by atoms with Crippen molar-refractivity contribution < 1.29 is 14.7 Å². The second-order valence-electron chi connectivity index (χ2n) is 4.46. The van der Waals surface area contributed by atoms with Crippen molar-refractivity contribution in [2.24, 2.45) is 0 Å². The highest BCUT2D eigenvalue weighted by atomic mass is 16.3. The van der Waals surface area contributed by atoms with Gasteiger partial charge in [-0.15, -0.1) is 0 Å². The first-order valence-corrected chi connectivity index (χ1v) is 6.22. The number of hydrogen-bond donors (Lipinski definition) is 3. The Labute approximate surface area is 111 Å². The summed E-state index contributed by atoms with van der Waals surface area (Å²) in [6.45, 7) is 2.69. The van der Waals surface area contributed by atoms with Crippen LogP contribution in [0.1, 0.15) is 23.7 Å². The Balaban J connectivity index is 2.32. The molecule has 4 N–H and O–H groups in total. The molecule has 1 aliphatic rings. The third-order valence-corrected chi connectivity index (χ3v) is 3.28. The van der Waals surface area contributed by atoms with Crippen LogP contribution in [0.15, 0.2) is 18.2 Å². The van der Waals surface area contributed by atoms with E-state index in [1.165, 1.54) is 17.0 Å². The first-order valence-electron chi connectivity index (χ1n) is 6.22. The Morgan fingerprint density at radius 2 is 2.32 bits per heavy atom. The number of nitrogens with one attached hydrogen (secondary N) is 1. The van der Waals surface area contributed by atoms with Crippen molar-refractivity contribution in [3.8, 4) is 5.75 Å². The maximum absolute atomic E-state index is 12.4. The van der Waals surface area contributed by atoms with Crippen LogP contribution >= 0.6 is 0 Å². The molecule has 0 saturated carbocycles. The van der Waals surface area contributed by atoms with Gasteiger partial charge in [0, 0.05) is 13.1 Å². The van der Waals surface area contributed by atoms with Gasteiger partial charge in [0.1, 0.15) is 6.04 Å². The van der Waals surface area contributed by atoms with Crippen molar-refractivity contribution in [3.05, 3.63) is 23.8 Å². The zero-order valence-electron chi connectivity index (χ0n) is 10.7. The quantitative estimate of drug-likeness (QED) is 0.529. The highest BCUT2D eigenvalue weighted by molar-refractivity contribution is 6.01. The third kappa shape index (κ3) is 2.33. The number of carbonyl (C=O) groups is 2. The van der Waals surface area contributed by atoms with Crippen LogP contribution in [0.2, 0.25) is 0 Å². The normalized spacial score (nSPS) is 19.1. The van der Waals surface area contributed by atoms with E-state index in [0.29, 0.717) is 19.5 Å². The van der Waals surface area contributed by atoms with Gasteiger partial charge >= 0.3 is 0 Å². The van der Waals surface area contributed by atoms with E-state index in [1.807, 2.05) is 6.92 Å². The number of aromatic hydroxyl groups is 1. The molecule has 102 valence electrons. The smallest absolute Gasteiger partial charge is 0.258 e. The maximum Gasteiger partial charge on any atom is 0.258 e. The number of anilines is 1. The van der Waals surface area contributed by atoms with E-state index < -0.39 is 6.04 Å². The highest BCUT2D eigenvalue weighted by Gasteiger charge is 2.33. The van der Waals surface area contributed by atoms with Crippen molar-refractivity contribution in [1.82, 2.24) is 10.2 Å². The molecule has 1 heterocycles. The lowest BCUT2D eigenvalue weighted by atomic mass is 10.1. The van der Waals surface area contributed by atoms with Gasteiger partial charge in [-0.25, -0.2) is 0 Å². The van der Waals surface area contributed by atoms with E-state index in [0.717, 1.165) is 0 Å². The number of nitrogens with zero attached hydrogens (tertiary/aromatic N) is 1. The van der Waals surface area contributed by atoms with Crippen LogP contribution in [0, 0.1) is 0 Å². The van der Waals surface area contributed by atoms with Gasteiger partial charge in [0.25, 0.3) is 5.91 Å². The van der Waals surface area contributed by atoms with Crippen molar-refractivity contribution in [2.45, 2.75) is 19.4 Å². The molecule has 1 aliphatic heterocycles. The number of para-hydroxylation sites is 1. The zero-order valence-corrected chi connectivity index (χ0v) is 10.7. The minimum atomic E-state index is -0.498. The second-order valence-corrected chi connectivity index (χ2v) is 4.46. The van der Waals surface area contributed by atoms with Crippen LogP contribution in [0.4, 0.5) is 5.69 Å². The maximum atomic E-state index is 12.4. The molecular formula is C13H17N3O3. The van der Waals surface area contributed by atoms with Crippen molar-refractivity contribution in [2.75, 3.05) is 18.8 Å². The average molecular weight is 263 g/mol. The van der Waals surface area contributed by atoms with Gasteiger partial charge in [-0.3, -0.25) is 9.59 Å². The van der Waals surface area contributed by atoms with Crippen LogP contribution < -0.4 is 11.1 Å². The van der Waals surface area contributed by atoms with E-state index in [1.54, 1.807) is 6.07 Å². The molecule has 1 aromatic carbocycles. The Morgan fingerprint density at radius 3 is 3.00 bits per heavy atom. The first kappa shape index (κ1) is 13.2. The Bertz CT molecular complexity index is 516. The summed E-state index contributed by atoms with van der Waals surface area (Å²) in [6.07, 6.45) is 0.528. The van der Waals surface area contributed by atoms with E-state index in [-0.39, 0.29) is 28.8 Å². The highest BCUT2D eigenvalue weighted by Crippen LogP contribution is 2.26. The molecule has 1 aromatic rings. The predicted octanol–water partition coefficient (Wildman–Crippen LogP) is 0.325. The predicted molar refractivity (Wildman–Crippen MR) is 70.6 cm³/mol. The lowest BCUT2D eigenvalue weighted by Gasteiger charge is -2.34. The molecule has 0 spiro atoms. The lowest BCUT2D eigenvalue weighted by Crippen LogP contribution is -2.56. The molecule has 1 atom stereocenters. The van der Waals surface area contributed by atoms with Crippen molar-refractivity contribution in [3.63, 3.8) is 0 Å². The van der Waals surface area contributed by atoms with E-state index in [9.17, 15) is 14.7 Å². The Hall–Kier alpha value is -2.24. The second kappa shape index (κ2) is 5.17. The molecule has 1 unspecified atom stereocenters. The summed E-state index contributed by atoms with van der Waals surface area (Å²) in [5, 5.41) is 12.6. The van der Waals surface area contributed by atoms with Crippen LogP contribution in [0.25, 0.3) is 0 Å². The fourth-order valence-corrected chi connectivity index (χ4v) is 2.25. The molecule has 6 nitrogen and oxygen atoms in total. The molecular weight excluding hydrogens is 246 g/mol. The fraction of sp³-hybridized carbons (Fsp3) is 0.385. The van der Waals surface area contributed by atoms with Gasteiger partial charge in [-0.2, -0.15) is 0 Å². The minimum Gasteiger partial charge on any atom is -0.505 e. The molecule has 0 bridgehead atoms. The van der Waals surface area contributed by atoms with Crippen molar-refractivity contribution in [1.29, 1.82) is 0 Å². The van der Waals surface area contributed by atoms with Crippen LogP contribution in [-0.2, 0) is 4.79 Å². The number of nitrogen functional groups attached to an aromatic ring is 1. The van der Waals surface area contributed by atoms with Gasteiger partial charge in [0.05, 0.1) is 11.3 Å². The summed E-state index contributed by atoms with van der Waals surface area (Å²) >= 11 is 0. The molecule has 0 aliphatic carbocycles. The molecule has 1 fully saturated rings. The Kier molecular flexibility index (Phi) is 3.59. The summed E-state index contributed by atoms with van der Waals surface area (Å²) in [5.41, 5.74) is 5.87. The number of phenolic OH excluding ortho intramolecular Hbond substituents is 1. The summed E-state index contributed by atoms with van der Waals surface area (Å²) in [7, 11) is 0. The fourth-order valence-electron chi connectivity index (χ4n) is 2.25. The summed E-state index contributed by atoms with van der Waals surface area (Å²) in [4.78, 5) is 25.6. The number of amides is 2. The van der Waals surface area contributed by atoms with E-state index >= 15 is 0 Å². The molecule has 2 amide bonds. The standard InChI is InChI=1S/C13H17N3O3/c1-2-10-12(18)15-6-7-16(10)13(19)8-4-3-5-9(14)11(8)17/h3-5,10,17H,2,6-7,14H2,1H3,(H,15,18). The first-order chi connectivity index (χ1) is 9.06. The molecule has 0 aromatic heterocycles. The van der Waals surface area contributed by atoms with Crippen LogP contribution in [-0.4, -0.2) is 41.0 Å². The lowest BCUT2D eigenvalue weighted by molar-refractivity contribution is -0.127. The monoisotopic (exact) mass is 263 g/mol. The van der Waals surface area contributed by atoms with Crippen LogP contribution in [0.3, 0.4) is 0 Å². The molecule has 2 rings (SSSR count). The number of rotatable bonds is 2. The van der Waals surface area contributed by atoms with Crippen molar-refractivity contribution >= 4 is 17.5 Å². The molecule has 0 radical (unpaired) electrons. The molecule has 19 heavy (non-hydrogen) atoms. The largest absolute Gasteiger partial charge is 0.505 e. The van der Waals surface area contributed by atoms with Gasteiger partial charge < -0.3 is 21.1 Å². The minimum absolute atomic E-state index is 0.133. The number of hydrogen-bond acceptors (Lipinski definition) is 4. The number of phenols is 1. The number of benzene rings is 1. The number of piperazine rings is 1. The summed E-state index contributed by atoms with van der Waals surface area (Å²) < 4.78 is 0. The number of carbonyl (C=O) groups excluding carboxylic acids is 2. The van der Waals surface area contributed by atoms with Gasteiger partial charge in [-0.1, -0.05) is 13.0 Å². The molecule has 1 saturated heterocycles. The summed E-state index contributed by atoms with van der Waals surface area (Å²) in [6, 6.07) is 4.13. The van der Waals surface area contributed by atoms with Crippen LogP contribution in [0.5, 0.6) is 5.75 Å². The Morgan fingerprint density at radius 1 is 1.58 bits per heavy atom. The molecule has 6 heteroatoms. The topological polar surface area (TPSA) is 95.7 Å². The van der Waals surface area contributed by atoms with Gasteiger partial charge in [0.15, 0.2) is 5.75 Å². The SMILES string of the molecule is CCC1C(=O)NCCN1C(=O)c1cccc(N)c1O. The zero-order chi connectivity index (χ0) is 14.0. The summed E-state index contributed by atoms with van der Waals surface area (Å²) in [5.74, 6) is -0.759. The van der Waals surface area contributed by atoms with E-state index in [2.05, 4.69) is 5.32 Å². The third-order valence-electron chi connectivity index (χ3n) is 3.28. The average Bonchev–Trinajstić information content (AvgIpc) is 2.41. The van der Waals surface area contributed by atoms with Gasteiger partial charge in [0.2, 0.25) is 5.91 Å². The van der Waals surface area contributed by atoms with E-state index in [4.69, 9.17) is 5.73 Å². The number of nitrogens with two attached hydrogens (primary N) is 1. The van der Waals surface area contributed by atoms with Gasteiger partial charge in [-0.05, 0) is 18.6 Å².